The van der Waals surface area contributed by atoms with Gasteiger partial charge < -0.3 is 14.4 Å². The Labute approximate surface area is 140 Å². The molecule has 0 spiro atoms. The van der Waals surface area contributed by atoms with Crippen LogP contribution in [-0.4, -0.2) is 59.2 Å². The number of nitrogens with zero attached hydrogens (tertiary/aromatic N) is 1. The van der Waals surface area contributed by atoms with Crippen molar-refractivity contribution in [3.05, 3.63) is 24.0 Å². The van der Waals surface area contributed by atoms with Crippen molar-refractivity contribution >= 4 is 15.9 Å². The molecule has 24 heavy (non-hydrogen) atoms. The molecule has 1 aliphatic rings. The van der Waals surface area contributed by atoms with Crippen LogP contribution in [0.4, 0.5) is 4.39 Å². The number of amides is 1. The number of rotatable bonds is 7. The zero-order valence-corrected chi connectivity index (χ0v) is 14.4. The molecular formula is C15H21FN2O5S. The Hall–Kier alpha value is -1.71. The fraction of sp³-hybridized carbons (Fsp3) is 0.533. The number of nitrogens with one attached hydrogen (secondary N) is 1. The topological polar surface area (TPSA) is 84.9 Å². The van der Waals surface area contributed by atoms with Gasteiger partial charge in [0.2, 0.25) is 10.0 Å². The van der Waals surface area contributed by atoms with Crippen LogP contribution in [-0.2, 0) is 19.6 Å². The minimum absolute atomic E-state index is 0.149. The zero-order chi connectivity index (χ0) is 17.7. The highest BCUT2D eigenvalue weighted by molar-refractivity contribution is 7.89. The summed E-state index contributed by atoms with van der Waals surface area (Å²) in [5.41, 5.74) is 0. The van der Waals surface area contributed by atoms with Gasteiger partial charge in [-0.1, -0.05) is 0 Å². The summed E-state index contributed by atoms with van der Waals surface area (Å²) < 4.78 is 51.2. The Kier molecular flexibility index (Phi) is 6.14. The molecule has 2 rings (SSSR count). The maximum Gasteiger partial charge on any atom is 0.259 e. The highest BCUT2D eigenvalue weighted by Gasteiger charge is 2.21. The average molecular weight is 360 g/mol. The van der Waals surface area contributed by atoms with Crippen LogP contribution in [0.5, 0.6) is 5.75 Å². The van der Waals surface area contributed by atoms with Crippen molar-refractivity contribution in [2.75, 3.05) is 33.9 Å². The fourth-order valence-electron chi connectivity index (χ4n) is 2.13. The third-order valence-electron chi connectivity index (χ3n) is 3.59. The third-order valence-corrected chi connectivity index (χ3v) is 5.01. The number of carbonyl (C=O) groups is 1. The van der Waals surface area contributed by atoms with Gasteiger partial charge in [0.25, 0.3) is 5.91 Å². The van der Waals surface area contributed by atoms with E-state index in [1.54, 1.807) is 14.1 Å². The number of likely N-dealkylation sites (N-methyl/N-ethyl adjacent to an activating group) is 1. The number of sulfonamides is 1. The molecule has 1 saturated heterocycles. The number of benzene rings is 1. The first-order valence-electron chi connectivity index (χ1n) is 7.53. The third kappa shape index (κ3) is 4.89. The Bertz CT molecular complexity index is 687. The van der Waals surface area contributed by atoms with Gasteiger partial charge >= 0.3 is 0 Å². The molecule has 1 amide bonds. The molecule has 1 atom stereocenters. The lowest BCUT2D eigenvalue weighted by Gasteiger charge is -2.13. The normalized spacial score (nSPS) is 17.7. The van der Waals surface area contributed by atoms with Crippen LogP contribution in [0.15, 0.2) is 23.1 Å². The molecule has 1 heterocycles. The second-order valence-electron chi connectivity index (χ2n) is 5.66. The monoisotopic (exact) mass is 360 g/mol. The van der Waals surface area contributed by atoms with Gasteiger partial charge in [0, 0.05) is 27.2 Å². The smallest absolute Gasteiger partial charge is 0.259 e. The van der Waals surface area contributed by atoms with Crippen molar-refractivity contribution < 1.29 is 27.1 Å². The summed E-state index contributed by atoms with van der Waals surface area (Å²) in [7, 11) is -0.726. The standard InChI is InChI=1S/C15H21FN2O5S/c1-18(2)15(19)10-23-14-6-5-12(8-13(14)16)24(20,21)17-9-11-4-3-7-22-11/h5-6,8,11,17H,3-4,7,9-10H2,1-2H3/t11-/m0/s1. The minimum Gasteiger partial charge on any atom is -0.481 e. The predicted molar refractivity (Wildman–Crippen MR) is 84.8 cm³/mol. The summed E-state index contributed by atoms with van der Waals surface area (Å²) >= 11 is 0. The quantitative estimate of drug-likeness (QED) is 0.776. The van der Waals surface area contributed by atoms with E-state index in [0.717, 1.165) is 18.9 Å². The van der Waals surface area contributed by atoms with Crippen LogP contribution in [0, 0.1) is 5.82 Å². The first-order valence-corrected chi connectivity index (χ1v) is 9.01. The summed E-state index contributed by atoms with van der Waals surface area (Å²) in [6.07, 6.45) is 1.55. The molecule has 1 aromatic rings. The van der Waals surface area contributed by atoms with Gasteiger partial charge in [-0.3, -0.25) is 4.79 Å². The number of carbonyl (C=O) groups excluding carboxylic acids is 1. The predicted octanol–water partition coefficient (Wildman–Crippen LogP) is 0.750. The Morgan fingerprint density at radius 2 is 2.21 bits per heavy atom. The van der Waals surface area contributed by atoms with Crippen LogP contribution in [0.1, 0.15) is 12.8 Å². The van der Waals surface area contributed by atoms with Gasteiger partial charge in [-0.15, -0.1) is 0 Å². The van der Waals surface area contributed by atoms with Crippen molar-refractivity contribution in [2.45, 2.75) is 23.8 Å². The fourth-order valence-corrected chi connectivity index (χ4v) is 3.20. The van der Waals surface area contributed by atoms with Gasteiger partial charge in [-0.25, -0.2) is 17.5 Å². The number of halogens is 1. The minimum atomic E-state index is -3.83. The summed E-state index contributed by atoms with van der Waals surface area (Å²) in [6.45, 7) is 0.450. The average Bonchev–Trinajstić information content (AvgIpc) is 3.04. The maximum atomic E-state index is 14.0. The van der Waals surface area contributed by atoms with Gasteiger partial charge in [-0.05, 0) is 31.0 Å². The lowest BCUT2D eigenvalue weighted by Crippen LogP contribution is -2.31. The van der Waals surface area contributed by atoms with Gasteiger partial charge in [0.15, 0.2) is 18.2 Å². The van der Waals surface area contributed by atoms with E-state index in [9.17, 15) is 17.6 Å². The van der Waals surface area contributed by atoms with Crippen molar-refractivity contribution in [1.29, 1.82) is 0 Å². The van der Waals surface area contributed by atoms with Crippen molar-refractivity contribution in [3.63, 3.8) is 0 Å². The molecule has 1 N–H and O–H groups in total. The Balaban J connectivity index is 2.00. The molecule has 7 nitrogen and oxygen atoms in total. The van der Waals surface area contributed by atoms with E-state index < -0.39 is 15.8 Å². The number of hydrogen-bond donors (Lipinski definition) is 1. The van der Waals surface area contributed by atoms with E-state index in [1.807, 2.05) is 0 Å². The first-order chi connectivity index (χ1) is 11.3. The molecular weight excluding hydrogens is 339 g/mol. The van der Waals surface area contributed by atoms with Crippen LogP contribution in [0.25, 0.3) is 0 Å². The van der Waals surface area contributed by atoms with Gasteiger partial charge in [0.05, 0.1) is 11.0 Å². The molecule has 9 heteroatoms. The SMILES string of the molecule is CN(C)C(=O)COc1ccc(S(=O)(=O)NC[C@@H]2CCCO2)cc1F. The molecule has 134 valence electrons. The molecule has 1 fully saturated rings. The Morgan fingerprint density at radius 3 is 2.79 bits per heavy atom. The summed E-state index contributed by atoms with van der Waals surface area (Å²) in [5, 5.41) is 0. The largest absolute Gasteiger partial charge is 0.481 e. The van der Waals surface area contributed by atoms with Crippen LogP contribution in [0.3, 0.4) is 0 Å². The van der Waals surface area contributed by atoms with E-state index in [4.69, 9.17) is 9.47 Å². The number of ether oxygens (including phenoxy) is 2. The molecule has 0 aromatic heterocycles. The molecule has 0 aliphatic carbocycles. The van der Waals surface area contributed by atoms with Crippen LogP contribution >= 0.6 is 0 Å². The summed E-state index contributed by atoms with van der Waals surface area (Å²) in [4.78, 5) is 12.5. The van der Waals surface area contributed by atoms with Gasteiger partial charge in [0.1, 0.15) is 0 Å². The molecule has 1 aromatic carbocycles. The summed E-state index contributed by atoms with van der Waals surface area (Å²) in [6, 6.07) is 3.29. The zero-order valence-electron chi connectivity index (χ0n) is 13.6. The van der Waals surface area contributed by atoms with E-state index in [-0.39, 0.29) is 35.8 Å². The van der Waals surface area contributed by atoms with Crippen molar-refractivity contribution in [1.82, 2.24) is 9.62 Å². The molecule has 0 bridgehead atoms. The van der Waals surface area contributed by atoms with E-state index in [2.05, 4.69) is 4.72 Å². The van der Waals surface area contributed by atoms with Gasteiger partial charge in [-0.2, -0.15) is 0 Å². The lowest BCUT2D eigenvalue weighted by atomic mass is 10.2. The van der Waals surface area contributed by atoms with E-state index in [0.29, 0.717) is 6.61 Å². The van der Waals surface area contributed by atoms with Crippen molar-refractivity contribution in [2.24, 2.45) is 0 Å². The first kappa shape index (κ1) is 18.6. The van der Waals surface area contributed by atoms with Crippen LogP contribution in [0.2, 0.25) is 0 Å². The van der Waals surface area contributed by atoms with Crippen LogP contribution < -0.4 is 9.46 Å². The number of hydrogen-bond acceptors (Lipinski definition) is 5. The second kappa shape index (κ2) is 7.91. The maximum absolute atomic E-state index is 14.0. The second-order valence-corrected chi connectivity index (χ2v) is 7.42. The highest BCUT2D eigenvalue weighted by Crippen LogP contribution is 2.21. The van der Waals surface area contributed by atoms with Crippen molar-refractivity contribution in [3.8, 4) is 5.75 Å². The molecule has 0 unspecified atom stereocenters. The molecule has 0 saturated carbocycles. The molecule has 1 aliphatic heterocycles. The van der Waals surface area contributed by atoms with E-state index in [1.165, 1.54) is 17.0 Å². The molecule has 0 radical (unpaired) electrons. The lowest BCUT2D eigenvalue weighted by molar-refractivity contribution is -0.130. The Morgan fingerprint density at radius 1 is 1.46 bits per heavy atom. The highest BCUT2D eigenvalue weighted by atomic mass is 32.2. The van der Waals surface area contributed by atoms with E-state index >= 15 is 0 Å². The summed E-state index contributed by atoms with van der Waals surface area (Å²) in [5.74, 6) is -1.35.